The molecule has 17 heavy (non-hydrogen) atoms. The van der Waals surface area contributed by atoms with Gasteiger partial charge in [0.05, 0.1) is 6.61 Å². The van der Waals surface area contributed by atoms with Crippen LogP contribution in [0.25, 0.3) is 0 Å². The van der Waals surface area contributed by atoms with Crippen LogP contribution in [0.1, 0.15) is 12.8 Å². The Bertz CT molecular complexity index is 342. The Morgan fingerprint density at radius 1 is 1.35 bits per heavy atom. The van der Waals surface area contributed by atoms with Crippen molar-refractivity contribution in [2.45, 2.75) is 18.9 Å². The number of likely N-dealkylation sites (tertiary alicyclic amines) is 1. The molecule has 0 unspecified atom stereocenters. The number of aliphatic hydroxyl groups excluding tert-OH is 1. The van der Waals surface area contributed by atoms with E-state index in [9.17, 15) is 4.39 Å². The van der Waals surface area contributed by atoms with Crippen molar-refractivity contribution in [3.8, 4) is 5.75 Å². The van der Waals surface area contributed by atoms with Crippen LogP contribution >= 0.6 is 0 Å². The van der Waals surface area contributed by atoms with E-state index >= 15 is 0 Å². The summed E-state index contributed by atoms with van der Waals surface area (Å²) < 4.78 is 18.2. The third-order valence-corrected chi connectivity index (χ3v) is 3.17. The quantitative estimate of drug-likeness (QED) is 0.848. The highest BCUT2D eigenvalue weighted by molar-refractivity contribution is 5.21. The number of hydrogen-bond donors (Lipinski definition) is 1. The molecule has 94 valence electrons. The maximum atomic E-state index is 12.7. The van der Waals surface area contributed by atoms with Gasteiger partial charge in [-0.3, -0.25) is 4.90 Å². The SMILES string of the molecule is OC[C@@H]1CCCN1CCOc1ccc(F)cc1. The van der Waals surface area contributed by atoms with E-state index < -0.39 is 0 Å². The molecule has 0 saturated carbocycles. The van der Waals surface area contributed by atoms with Crippen LogP contribution in [0.15, 0.2) is 24.3 Å². The Labute approximate surface area is 101 Å². The lowest BCUT2D eigenvalue weighted by molar-refractivity contribution is 0.139. The average molecular weight is 239 g/mol. The normalized spacial score (nSPS) is 20.7. The summed E-state index contributed by atoms with van der Waals surface area (Å²) in [5.74, 6) is 0.434. The summed E-state index contributed by atoms with van der Waals surface area (Å²) in [5.41, 5.74) is 0. The molecule has 1 atom stereocenters. The minimum atomic E-state index is -0.253. The Morgan fingerprint density at radius 2 is 2.12 bits per heavy atom. The number of aliphatic hydroxyl groups is 1. The van der Waals surface area contributed by atoms with Crippen LogP contribution in [0.3, 0.4) is 0 Å². The van der Waals surface area contributed by atoms with Crippen molar-refractivity contribution < 1.29 is 14.2 Å². The highest BCUT2D eigenvalue weighted by Gasteiger charge is 2.22. The molecular weight excluding hydrogens is 221 g/mol. The van der Waals surface area contributed by atoms with Crippen LogP contribution in [0, 0.1) is 5.82 Å². The summed E-state index contributed by atoms with van der Waals surface area (Å²) in [5, 5.41) is 9.16. The van der Waals surface area contributed by atoms with Crippen molar-refractivity contribution >= 4 is 0 Å². The standard InChI is InChI=1S/C13H18FNO2/c14-11-3-5-13(6-4-11)17-9-8-15-7-1-2-12(15)10-16/h3-6,12,16H,1-2,7-10H2/t12-/m0/s1. The number of halogens is 1. The molecule has 0 spiro atoms. The maximum absolute atomic E-state index is 12.7. The molecule has 1 aromatic rings. The Balaban J connectivity index is 1.74. The summed E-state index contributed by atoms with van der Waals surface area (Å²) >= 11 is 0. The van der Waals surface area contributed by atoms with Crippen LogP contribution in [-0.4, -0.2) is 42.4 Å². The minimum Gasteiger partial charge on any atom is -0.492 e. The monoisotopic (exact) mass is 239 g/mol. The van der Waals surface area contributed by atoms with Crippen molar-refractivity contribution in [2.75, 3.05) is 26.3 Å². The van der Waals surface area contributed by atoms with Gasteiger partial charge in [0, 0.05) is 12.6 Å². The first-order valence-electron chi connectivity index (χ1n) is 6.03. The molecule has 0 bridgehead atoms. The molecule has 1 aliphatic rings. The highest BCUT2D eigenvalue weighted by Crippen LogP contribution is 2.16. The topological polar surface area (TPSA) is 32.7 Å². The minimum absolute atomic E-state index is 0.219. The molecule has 1 aromatic carbocycles. The van der Waals surface area contributed by atoms with Crippen LogP contribution in [0.5, 0.6) is 5.75 Å². The third-order valence-electron chi connectivity index (χ3n) is 3.17. The van der Waals surface area contributed by atoms with Crippen LogP contribution < -0.4 is 4.74 Å². The van der Waals surface area contributed by atoms with Crippen LogP contribution in [-0.2, 0) is 0 Å². The summed E-state index contributed by atoms with van der Waals surface area (Å²) in [6, 6.07) is 6.32. The molecule has 0 aliphatic carbocycles. The molecule has 0 aromatic heterocycles. The van der Waals surface area contributed by atoms with Crippen molar-refractivity contribution in [3.63, 3.8) is 0 Å². The summed E-state index contributed by atoms with van der Waals surface area (Å²) in [4.78, 5) is 2.24. The Kier molecular flexibility index (Phi) is 4.34. The molecule has 0 amide bonds. The van der Waals surface area contributed by atoms with Gasteiger partial charge in [0.2, 0.25) is 0 Å². The summed E-state index contributed by atoms with van der Waals surface area (Å²) in [6.07, 6.45) is 2.20. The largest absolute Gasteiger partial charge is 0.492 e. The second-order valence-corrected chi connectivity index (χ2v) is 4.32. The van der Waals surface area contributed by atoms with Gasteiger partial charge in [0.1, 0.15) is 18.2 Å². The van der Waals surface area contributed by atoms with E-state index in [-0.39, 0.29) is 18.5 Å². The van der Waals surface area contributed by atoms with Gasteiger partial charge in [0.15, 0.2) is 0 Å². The molecule has 0 radical (unpaired) electrons. The number of nitrogens with zero attached hydrogens (tertiary/aromatic N) is 1. The molecule has 1 heterocycles. The van der Waals surface area contributed by atoms with E-state index in [1.807, 2.05) is 0 Å². The van der Waals surface area contributed by atoms with Gasteiger partial charge in [-0.1, -0.05) is 0 Å². The molecule has 1 fully saturated rings. The fraction of sp³-hybridized carbons (Fsp3) is 0.538. The van der Waals surface area contributed by atoms with Crippen LogP contribution in [0.2, 0.25) is 0 Å². The lowest BCUT2D eigenvalue weighted by atomic mass is 10.2. The van der Waals surface area contributed by atoms with Gasteiger partial charge < -0.3 is 9.84 Å². The summed E-state index contributed by atoms with van der Waals surface area (Å²) in [7, 11) is 0. The van der Waals surface area contributed by atoms with Crippen molar-refractivity contribution in [2.24, 2.45) is 0 Å². The second-order valence-electron chi connectivity index (χ2n) is 4.32. The van der Waals surface area contributed by atoms with Crippen molar-refractivity contribution in [1.29, 1.82) is 0 Å². The maximum Gasteiger partial charge on any atom is 0.123 e. The Morgan fingerprint density at radius 3 is 2.82 bits per heavy atom. The van der Waals surface area contributed by atoms with Gasteiger partial charge in [-0.15, -0.1) is 0 Å². The van der Waals surface area contributed by atoms with Gasteiger partial charge >= 0.3 is 0 Å². The molecule has 3 nitrogen and oxygen atoms in total. The lowest BCUT2D eigenvalue weighted by Crippen LogP contribution is -2.35. The molecule has 1 aliphatic heterocycles. The van der Waals surface area contributed by atoms with E-state index in [0.29, 0.717) is 12.4 Å². The van der Waals surface area contributed by atoms with E-state index in [1.54, 1.807) is 12.1 Å². The zero-order chi connectivity index (χ0) is 12.1. The number of hydrogen-bond acceptors (Lipinski definition) is 3. The summed E-state index contributed by atoms with van der Waals surface area (Å²) in [6.45, 7) is 2.62. The van der Waals surface area contributed by atoms with Crippen molar-refractivity contribution in [1.82, 2.24) is 4.90 Å². The van der Waals surface area contributed by atoms with Gasteiger partial charge in [-0.05, 0) is 43.7 Å². The smallest absolute Gasteiger partial charge is 0.123 e. The molecular formula is C13H18FNO2. The molecule has 1 N–H and O–H groups in total. The first kappa shape index (κ1) is 12.3. The zero-order valence-electron chi connectivity index (χ0n) is 9.81. The second kappa shape index (κ2) is 5.98. The first-order chi connectivity index (χ1) is 8.29. The highest BCUT2D eigenvalue weighted by atomic mass is 19.1. The molecule has 2 rings (SSSR count). The number of ether oxygens (including phenoxy) is 1. The first-order valence-corrected chi connectivity index (χ1v) is 6.03. The predicted molar refractivity (Wildman–Crippen MR) is 63.6 cm³/mol. The van der Waals surface area contributed by atoms with E-state index in [1.165, 1.54) is 12.1 Å². The van der Waals surface area contributed by atoms with Crippen molar-refractivity contribution in [3.05, 3.63) is 30.1 Å². The van der Waals surface area contributed by atoms with E-state index in [2.05, 4.69) is 4.90 Å². The van der Waals surface area contributed by atoms with Gasteiger partial charge in [-0.25, -0.2) is 4.39 Å². The number of rotatable bonds is 5. The van der Waals surface area contributed by atoms with Gasteiger partial charge in [0.25, 0.3) is 0 Å². The number of benzene rings is 1. The zero-order valence-corrected chi connectivity index (χ0v) is 9.81. The Hall–Kier alpha value is -1.13. The molecule has 1 saturated heterocycles. The lowest BCUT2D eigenvalue weighted by Gasteiger charge is -2.22. The van der Waals surface area contributed by atoms with Crippen LogP contribution in [0.4, 0.5) is 4.39 Å². The fourth-order valence-corrected chi connectivity index (χ4v) is 2.21. The fourth-order valence-electron chi connectivity index (χ4n) is 2.21. The van der Waals surface area contributed by atoms with E-state index in [4.69, 9.17) is 9.84 Å². The van der Waals surface area contributed by atoms with Gasteiger partial charge in [-0.2, -0.15) is 0 Å². The molecule has 4 heteroatoms. The average Bonchev–Trinajstić information content (AvgIpc) is 2.79. The predicted octanol–water partition coefficient (Wildman–Crippen LogP) is 1.66. The van der Waals surface area contributed by atoms with E-state index in [0.717, 1.165) is 25.9 Å². The third kappa shape index (κ3) is 3.41.